The zero-order valence-corrected chi connectivity index (χ0v) is 13.8. The molecule has 4 heteroatoms. The van der Waals surface area contributed by atoms with Crippen molar-refractivity contribution in [2.45, 2.75) is 0 Å². The predicted octanol–water partition coefficient (Wildman–Crippen LogP) is 4.37. The van der Waals surface area contributed by atoms with E-state index in [2.05, 4.69) is 9.98 Å². The number of para-hydroxylation sites is 2. The lowest BCUT2D eigenvalue weighted by Crippen LogP contribution is -2.16. The Kier molecular flexibility index (Phi) is 3.78. The van der Waals surface area contributed by atoms with Gasteiger partial charge in [0, 0.05) is 23.4 Å². The van der Waals surface area contributed by atoms with Gasteiger partial charge in [-0.3, -0.25) is 4.99 Å². The quantitative estimate of drug-likeness (QED) is 0.439. The van der Waals surface area contributed by atoms with Gasteiger partial charge >= 0.3 is 0 Å². The van der Waals surface area contributed by atoms with Crippen LogP contribution < -0.4 is 5.73 Å². The van der Waals surface area contributed by atoms with Gasteiger partial charge in [0.15, 0.2) is 5.84 Å². The minimum Gasteiger partial charge on any atom is -0.455 e. The van der Waals surface area contributed by atoms with E-state index in [0.717, 1.165) is 33.1 Å². The van der Waals surface area contributed by atoms with E-state index in [9.17, 15) is 0 Å². The molecule has 0 atom stereocenters. The van der Waals surface area contributed by atoms with E-state index in [4.69, 9.17) is 10.2 Å². The van der Waals surface area contributed by atoms with Crippen molar-refractivity contribution in [3.05, 3.63) is 83.9 Å². The highest BCUT2D eigenvalue weighted by Gasteiger charge is 2.13. The molecule has 25 heavy (non-hydrogen) atoms. The molecule has 2 N–H and O–H groups in total. The van der Waals surface area contributed by atoms with Crippen molar-refractivity contribution in [1.82, 2.24) is 0 Å². The Hall–Kier alpha value is -3.40. The maximum absolute atomic E-state index is 6.31. The van der Waals surface area contributed by atoms with E-state index in [0.29, 0.717) is 11.7 Å². The average Bonchev–Trinajstić information content (AvgIpc) is 3.05. The Labute approximate surface area is 145 Å². The Bertz CT molecular complexity index is 1110. The molecule has 3 aromatic carbocycles. The van der Waals surface area contributed by atoms with E-state index in [1.54, 1.807) is 7.05 Å². The number of furan rings is 1. The van der Waals surface area contributed by atoms with Gasteiger partial charge < -0.3 is 10.2 Å². The van der Waals surface area contributed by atoms with Crippen LogP contribution in [0.5, 0.6) is 0 Å². The molecule has 0 bridgehead atoms. The molecule has 4 aromatic rings. The summed E-state index contributed by atoms with van der Waals surface area (Å²) >= 11 is 0. The molecule has 4 rings (SSSR count). The Morgan fingerprint density at radius 3 is 2.36 bits per heavy atom. The summed E-state index contributed by atoms with van der Waals surface area (Å²) in [5, 5.41) is 2.10. The molecule has 1 aromatic heterocycles. The summed E-state index contributed by atoms with van der Waals surface area (Å²) in [6, 6.07) is 23.6. The van der Waals surface area contributed by atoms with Crippen molar-refractivity contribution in [2.75, 3.05) is 7.05 Å². The van der Waals surface area contributed by atoms with Crippen LogP contribution in [-0.2, 0) is 0 Å². The number of fused-ring (bicyclic) bond motifs is 3. The normalized spacial score (nSPS) is 12.8. The van der Waals surface area contributed by atoms with Crippen LogP contribution in [0.4, 0.5) is 0 Å². The summed E-state index contributed by atoms with van der Waals surface area (Å²) in [6.45, 7) is 0. The first-order valence-electron chi connectivity index (χ1n) is 8.05. The second-order valence-electron chi connectivity index (χ2n) is 5.69. The van der Waals surface area contributed by atoms with E-state index < -0.39 is 0 Å². The molecule has 0 saturated carbocycles. The number of rotatable bonds is 2. The number of aliphatic imine (C=N–C) groups is 2. The molecule has 0 aliphatic heterocycles. The van der Waals surface area contributed by atoms with Crippen molar-refractivity contribution < 1.29 is 4.42 Å². The second kappa shape index (κ2) is 6.24. The molecule has 122 valence electrons. The first kappa shape index (κ1) is 15.1. The van der Waals surface area contributed by atoms with E-state index in [1.807, 2.05) is 72.8 Å². The lowest BCUT2D eigenvalue weighted by Gasteiger charge is -2.04. The highest BCUT2D eigenvalue weighted by molar-refractivity contribution is 6.17. The minimum atomic E-state index is 0.383. The molecule has 1 heterocycles. The summed E-state index contributed by atoms with van der Waals surface area (Å²) in [7, 11) is 1.71. The highest BCUT2D eigenvalue weighted by Crippen LogP contribution is 2.30. The number of nitrogens with zero attached hydrogens (tertiary/aromatic N) is 2. The Morgan fingerprint density at radius 2 is 1.56 bits per heavy atom. The van der Waals surface area contributed by atoms with Crippen molar-refractivity contribution in [1.29, 1.82) is 0 Å². The summed E-state index contributed by atoms with van der Waals surface area (Å²) in [4.78, 5) is 8.81. The van der Waals surface area contributed by atoms with Crippen LogP contribution in [0.25, 0.3) is 21.9 Å². The third-order valence-corrected chi connectivity index (χ3v) is 4.15. The monoisotopic (exact) mass is 327 g/mol. The van der Waals surface area contributed by atoms with Gasteiger partial charge in [0.05, 0.1) is 5.56 Å². The molecule has 0 saturated heterocycles. The molecule has 0 radical (unpaired) electrons. The lowest BCUT2D eigenvalue weighted by molar-refractivity contribution is 0.668. The maximum Gasteiger partial charge on any atom is 0.156 e. The van der Waals surface area contributed by atoms with E-state index in [1.165, 1.54) is 0 Å². The molecule has 0 amide bonds. The van der Waals surface area contributed by atoms with Gasteiger partial charge in [-0.25, -0.2) is 4.99 Å². The van der Waals surface area contributed by atoms with Crippen LogP contribution >= 0.6 is 0 Å². The summed E-state index contributed by atoms with van der Waals surface area (Å²) in [6.07, 6.45) is 0. The van der Waals surface area contributed by atoms with Gasteiger partial charge in [-0.2, -0.15) is 0 Å². The molecule has 0 spiro atoms. The SMILES string of the molecule is CN=C(N=C(N)c1cccc2c1oc1ccccc12)c1ccccc1. The third kappa shape index (κ3) is 2.68. The second-order valence-corrected chi connectivity index (χ2v) is 5.69. The fraction of sp³-hybridized carbons (Fsp3) is 0.0476. The molecular formula is C21H17N3O. The summed E-state index contributed by atoms with van der Waals surface area (Å²) in [5.41, 5.74) is 9.58. The van der Waals surface area contributed by atoms with Gasteiger partial charge in [0.2, 0.25) is 0 Å². The van der Waals surface area contributed by atoms with Crippen LogP contribution in [0.3, 0.4) is 0 Å². The summed E-state index contributed by atoms with van der Waals surface area (Å²) in [5.74, 6) is 0.973. The molecule has 0 unspecified atom stereocenters. The number of benzene rings is 3. The highest BCUT2D eigenvalue weighted by atomic mass is 16.3. The number of hydrogen-bond acceptors (Lipinski definition) is 2. The van der Waals surface area contributed by atoms with Gasteiger partial charge in [0.1, 0.15) is 17.0 Å². The summed E-state index contributed by atoms with van der Waals surface area (Å²) < 4.78 is 6.02. The van der Waals surface area contributed by atoms with Gasteiger partial charge in [-0.15, -0.1) is 0 Å². The zero-order chi connectivity index (χ0) is 17.2. The lowest BCUT2D eigenvalue weighted by atomic mass is 10.1. The maximum atomic E-state index is 6.31. The Balaban J connectivity index is 1.86. The standard InChI is InChI=1S/C21H17N3O/c1-23-21(14-8-3-2-4-9-14)24-20(22)17-12-7-11-16-15-10-5-6-13-18(15)25-19(16)17/h2-13H,1H3,(H2,22,23,24). The van der Waals surface area contributed by atoms with Crippen LogP contribution in [0.1, 0.15) is 11.1 Å². The van der Waals surface area contributed by atoms with Crippen molar-refractivity contribution in [2.24, 2.45) is 15.7 Å². The number of amidine groups is 2. The molecule has 4 nitrogen and oxygen atoms in total. The number of hydrogen-bond donors (Lipinski definition) is 1. The third-order valence-electron chi connectivity index (χ3n) is 4.15. The van der Waals surface area contributed by atoms with Crippen molar-refractivity contribution >= 4 is 33.6 Å². The number of nitrogens with two attached hydrogens (primary N) is 1. The minimum absolute atomic E-state index is 0.383. The van der Waals surface area contributed by atoms with Crippen LogP contribution in [0.2, 0.25) is 0 Å². The van der Waals surface area contributed by atoms with Crippen molar-refractivity contribution in [3.63, 3.8) is 0 Å². The largest absolute Gasteiger partial charge is 0.455 e. The average molecular weight is 327 g/mol. The fourth-order valence-electron chi connectivity index (χ4n) is 2.95. The van der Waals surface area contributed by atoms with Gasteiger partial charge in [-0.1, -0.05) is 60.7 Å². The topological polar surface area (TPSA) is 63.9 Å². The van der Waals surface area contributed by atoms with Crippen molar-refractivity contribution in [3.8, 4) is 0 Å². The first-order chi connectivity index (χ1) is 12.3. The smallest absolute Gasteiger partial charge is 0.156 e. The van der Waals surface area contributed by atoms with E-state index in [-0.39, 0.29) is 0 Å². The predicted molar refractivity (Wildman–Crippen MR) is 103 cm³/mol. The molecule has 0 fully saturated rings. The first-order valence-corrected chi connectivity index (χ1v) is 8.05. The Morgan fingerprint density at radius 1 is 0.840 bits per heavy atom. The van der Waals surface area contributed by atoms with Gasteiger partial charge in [0.25, 0.3) is 0 Å². The van der Waals surface area contributed by atoms with Crippen LogP contribution in [0.15, 0.2) is 87.2 Å². The van der Waals surface area contributed by atoms with E-state index >= 15 is 0 Å². The molecule has 0 aliphatic rings. The fourth-order valence-corrected chi connectivity index (χ4v) is 2.95. The van der Waals surface area contributed by atoms with Crippen LogP contribution in [0, 0.1) is 0 Å². The molecule has 0 aliphatic carbocycles. The zero-order valence-electron chi connectivity index (χ0n) is 13.8. The van der Waals surface area contributed by atoms with Gasteiger partial charge in [-0.05, 0) is 12.1 Å². The molecular weight excluding hydrogens is 310 g/mol. The van der Waals surface area contributed by atoms with Crippen LogP contribution in [-0.4, -0.2) is 18.7 Å².